The van der Waals surface area contributed by atoms with E-state index >= 15 is 0 Å². The molecule has 2 N–H and O–H groups in total. The number of hydrogen-bond donors (Lipinski definition) is 1. The molecule has 1 rings (SSSR count). The lowest BCUT2D eigenvalue weighted by atomic mass is 10.1. The Labute approximate surface area is 101 Å². The normalized spacial score (nSPS) is 12.0. The Hall–Kier alpha value is -1.49. The van der Waals surface area contributed by atoms with Gasteiger partial charge in [0, 0.05) is 11.4 Å². The zero-order chi connectivity index (χ0) is 13.1. The summed E-state index contributed by atoms with van der Waals surface area (Å²) < 4.78 is 37.9. The van der Waals surface area contributed by atoms with Crippen LogP contribution in [0.5, 0.6) is 0 Å². The van der Waals surface area contributed by atoms with E-state index in [4.69, 9.17) is 17.3 Å². The standard InChI is InChI=1S/C11H9ClF3NO/c12-8-5-4-7(2-1-3-10(16)17)9(6-8)11(13,14)15/h1-2,4-6H,3H2,(H2,16,17). The van der Waals surface area contributed by atoms with Crippen molar-refractivity contribution in [2.24, 2.45) is 5.73 Å². The smallest absolute Gasteiger partial charge is 0.369 e. The van der Waals surface area contributed by atoms with Crippen LogP contribution in [0.2, 0.25) is 5.02 Å². The third-order valence-electron chi connectivity index (χ3n) is 1.94. The Balaban J connectivity index is 3.07. The number of rotatable bonds is 3. The van der Waals surface area contributed by atoms with Crippen LogP contribution < -0.4 is 5.73 Å². The van der Waals surface area contributed by atoms with Gasteiger partial charge in [0.25, 0.3) is 0 Å². The van der Waals surface area contributed by atoms with Crippen molar-refractivity contribution in [3.05, 3.63) is 40.4 Å². The van der Waals surface area contributed by atoms with Gasteiger partial charge in [0.05, 0.1) is 5.56 Å². The number of carbonyl (C=O) groups is 1. The van der Waals surface area contributed by atoms with E-state index in [0.717, 1.165) is 6.07 Å². The second-order valence-electron chi connectivity index (χ2n) is 3.30. The monoisotopic (exact) mass is 263 g/mol. The van der Waals surface area contributed by atoms with E-state index in [-0.39, 0.29) is 17.0 Å². The van der Waals surface area contributed by atoms with Gasteiger partial charge in [-0.25, -0.2) is 0 Å². The summed E-state index contributed by atoms with van der Waals surface area (Å²) in [6.45, 7) is 0. The van der Waals surface area contributed by atoms with Crippen molar-refractivity contribution in [2.75, 3.05) is 0 Å². The van der Waals surface area contributed by atoms with Gasteiger partial charge in [0.1, 0.15) is 0 Å². The second kappa shape index (κ2) is 5.23. The highest BCUT2D eigenvalue weighted by Crippen LogP contribution is 2.34. The summed E-state index contributed by atoms with van der Waals surface area (Å²) in [7, 11) is 0. The molecule has 6 heteroatoms. The van der Waals surface area contributed by atoms with E-state index in [2.05, 4.69) is 0 Å². The maximum absolute atomic E-state index is 12.6. The fourth-order valence-corrected chi connectivity index (χ4v) is 1.39. The van der Waals surface area contributed by atoms with Gasteiger partial charge in [0.2, 0.25) is 5.91 Å². The lowest BCUT2D eigenvalue weighted by Crippen LogP contribution is -2.09. The van der Waals surface area contributed by atoms with Crippen molar-refractivity contribution in [2.45, 2.75) is 12.6 Å². The maximum Gasteiger partial charge on any atom is 0.417 e. The molecule has 0 aliphatic carbocycles. The molecule has 0 aromatic heterocycles. The molecular weight excluding hydrogens is 255 g/mol. The Morgan fingerprint density at radius 3 is 2.59 bits per heavy atom. The van der Waals surface area contributed by atoms with Crippen LogP contribution in [-0.2, 0) is 11.0 Å². The second-order valence-corrected chi connectivity index (χ2v) is 3.74. The van der Waals surface area contributed by atoms with Gasteiger partial charge in [-0.1, -0.05) is 29.8 Å². The molecule has 0 heterocycles. The van der Waals surface area contributed by atoms with Crippen molar-refractivity contribution >= 4 is 23.6 Å². The van der Waals surface area contributed by atoms with E-state index in [9.17, 15) is 18.0 Å². The van der Waals surface area contributed by atoms with Crippen molar-refractivity contribution < 1.29 is 18.0 Å². The predicted molar refractivity (Wildman–Crippen MR) is 59.3 cm³/mol. The zero-order valence-electron chi connectivity index (χ0n) is 8.59. The lowest BCUT2D eigenvalue weighted by molar-refractivity contribution is -0.137. The van der Waals surface area contributed by atoms with E-state index in [1.54, 1.807) is 0 Å². The van der Waals surface area contributed by atoms with Gasteiger partial charge >= 0.3 is 6.18 Å². The number of amides is 1. The predicted octanol–water partition coefficient (Wildman–Crippen LogP) is 3.25. The summed E-state index contributed by atoms with van der Waals surface area (Å²) in [4.78, 5) is 10.5. The van der Waals surface area contributed by atoms with E-state index in [0.29, 0.717) is 0 Å². The summed E-state index contributed by atoms with van der Waals surface area (Å²) in [5.41, 5.74) is 3.98. The number of carbonyl (C=O) groups excluding carboxylic acids is 1. The number of halogens is 4. The summed E-state index contributed by atoms with van der Waals surface area (Å²) in [5.74, 6) is -0.608. The lowest BCUT2D eigenvalue weighted by Gasteiger charge is -2.10. The molecule has 1 aromatic rings. The van der Waals surface area contributed by atoms with Gasteiger partial charge in [-0.3, -0.25) is 4.79 Å². The van der Waals surface area contributed by atoms with Crippen molar-refractivity contribution in [1.29, 1.82) is 0 Å². The number of nitrogens with two attached hydrogens (primary N) is 1. The Morgan fingerprint density at radius 2 is 2.06 bits per heavy atom. The van der Waals surface area contributed by atoms with E-state index < -0.39 is 17.6 Å². The molecule has 2 nitrogen and oxygen atoms in total. The summed E-state index contributed by atoms with van der Waals surface area (Å²) >= 11 is 5.51. The van der Waals surface area contributed by atoms with Crippen LogP contribution in [0.4, 0.5) is 13.2 Å². The first-order valence-electron chi connectivity index (χ1n) is 4.62. The molecule has 0 unspecified atom stereocenters. The van der Waals surface area contributed by atoms with Gasteiger partial charge in [-0.15, -0.1) is 0 Å². The first-order valence-corrected chi connectivity index (χ1v) is 5.00. The summed E-state index contributed by atoms with van der Waals surface area (Å²) in [6.07, 6.45) is -2.12. The summed E-state index contributed by atoms with van der Waals surface area (Å²) in [5, 5.41) is 0.00405. The third kappa shape index (κ3) is 4.11. The van der Waals surface area contributed by atoms with Crippen LogP contribution in [-0.4, -0.2) is 5.91 Å². The molecule has 1 aromatic carbocycles. The van der Waals surface area contributed by atoms with Crippen molar-refractivity contribution in [3.8, 4) is 0 Å². The maximum atomic E-state index is 12.6. The number of hydrogen-bond acceptors (Lipinski definition) is 1. The van der Waals surface area contributed by atoms with Crippen LogP contribution in [0.1, 0.15) is 17.5 Å². The van der Waals surface area contributed by atoms with Crippen molar-refractivity contribution in [3.63, 3.8) is 0 Å². The molecule has 17 heavy (non-hydrogen) atoms. The highest BCUT2D eigenvalue weighted by Gasteiger charge is 2.32. The van der Waals surface area contributed by atoms with Crippen LogP contribution in [0, 0.1) is 0 Å². The topological polar surface area (TPSA) is 43.1 Å². The molecule has 0 spiro atoms. The minimum absolute atomic E-state index is 0.00405. The molecule has 0 bridgehead atoms. The van der Waals surface area contributed by atoms with Gasteiger partial charge in [-0.05, 0) is 17.7 Å². The minimum atomic E-state index is -4.49. The van der Waals surface area contributed by atoms with Crippen LogP contribution in [0.3, 0.4) is 0 Å². The van der Waals surface area contributed by atoms with Gasteiger partial charge < -0.3 is 5.73 Å². The van der Waals surface area contributed by atoms with Crippen LogP contribution in [0.25, 0.3) is 6.08 Å². The molecule has 92 valence electrons. The van der Waals surface area contributed by atoms with Gasteiger partial charge in [0.15, 0.2) is 0 Å². The molecule has 0 radical (unpaired) electrons. The van der Waals surface area contributed by atoms with E-state index in [1.165, 1.54) is 24.3 Å². The average Bonchev–Trinajstić information content (AvgIpc) is 2.18. The van der Waals surface area contributed by atoms with E-state index in [1.807, 2.05) is 0 Å². The van der Waals surface area contributed by atoms with Crippen LogP contribution >= 0.6 is 11.6 Å². The van der Waals surface area contributed by atoms with Gasteiger partial charge in [-0.2, -0.15) is 13.2 Å². The Morgan fingerprint density at radius 1 is 1.41 bits per heavy atom. The highest BCUT2D eigenvalue weighted by atomic mass is 35.5. The molecule has 0 fully saturated rings. The van der Waals surface area contributed by atoms with Crippen molar-refractivity contribution in [1.82, 2.24) is 0 Å². The molecule has 1 amide bonds. The molecule has 0 aliphatic rings. The first kappa shape index (κ1) is 13.6. The first-order chi connectivity index (χ1) is 7.80. The minimum Gasteiger partial charge on any atom is -0.369 e. The highest BCUT2D eigenvalue weighted by molar-refractivity contribution is 6.30. The molecule has 0 saturated carbocycles. The average molecular weight is 264 g/mol. The number of alkyl halides is 3. The molecular formula is C11H9ClF3NO. The fourth-order valence-electron chi connectivity index (χ4n) is 1.22. The largest absolute Gasteiger partial charge is 0.417 e. The SMILES string of the molecule is NC(=O)CC=Cc1ccc(Cl)cc1C(F)(F)F. The molecule has 0 atom stereocenters. The zero-order valence-corrected chi connectivity index (χ0v) is 9.35. The Kier molecular flexibility index (Phi) is 4.17. The molecule has 0 saturated heterocycles. The quantitative estimate of drug-likeness (QED) is 0.894. The number of benzene rings is 1. The molecule has 0 aliphatic heterocycles. The van der Waals surface area contributed by atoms with Crippen LogP contribution in [0.15, 0.2) is 24.3 Å². The third-order valence-corrected chi connectivity index (χ3v) is 2.17. The Bertz CT molecular complexity index is 455. The fraction of sp³-hybridized carbons (Fsp3) is 0.182. The number of primary amides is 1. The summed E-state index contributed by atoms with van der Waals surface area (Å²) in [6, 6.07) is 3.43.